The molecule has 2 fully saturated rings. The van der Waals surface area contributed by atoms with E-state index in [2.05, 4.69) is 22.6 Å². The smallest absolute Gasteiger partial charge is 0.0624 e. The molecule has 3 heteroatoms. The maximum atomic E-state index is 3.51. The highest BCUT2D eigenvalue weighted by Gasteiger charge is 2.28. The monoisotopic (exact) mass is 197 g/mol. The fourth-order valence-electron chi connectivity index (χ4n) is 2.95. The van der Waals surface area contributed by atoms with Crippen LogP contribution in [0.1, 0.15) is 25.7 Å². The lowest BCUT2D eigenvalue weighted by atomic mass is 10.0. The Hall–Kier alpha value is -0.120. The molecule has 2 N–H and O–H groups in total. The van der Waals surface area contributed by atoms with Crippen LogP contribution in [0.2, 0.25) is 0 Å². The summed E-state index contributed by atoms with van der Waals surface area (Å²) in [6.07, 6.45) is 6.37. The highest BCUT2D eigenvalue weighted by Crippen LogP contribution is 2.29. The van der Waals surface area contributed by atoms with Crippen molar-refractivity contribution in [3.05, 3.63) is 0 Å². The van der Waals surface area contributed by atoms with Gasteiger partial charge in [0.2, 0.25) is 0 Å². The van der Waals surface area contributed by atoms with Gasteiger partial charge in [-0.1, -0.05) is 12.8 Å². The summed E-state index contributed by atoms with van der Waals surface area (Å²) in [6.45, 7) is 4.74. The van der Waals surface area contributed by atoms with Crippen molar-refractivity contribution in [2.75, 3.05) is 33.2 Å². The summed E-state index contributed by atoms with van der Waals surface area (Å²) in [5.41, 5.74) is 0. The van der Waals surface area contributed by atoms with Gasteiger partial charge in [-0.2, -0.15) is 0 Å². The highest BCUT2D eigenvalue weighted by atomic mass is 15.3. The number of nitrogens with one attached hydrogen (secondary N) is 2. The minimum absolute atomic E-state index is 0.639. The van der Waals surface area contributed by atoms with Crippen molar-refractivity contribution in [2.45, 2.75) is 31.8 Å². The lowest BCUT2D eigenvalue weighted by molar-refractivity contribution is 0.105. The molecule has 82 valence electrons. The van der Waals surface area contributed by atoms with Crippen molar-refractivity contribution in [2.24, 2.45) is 5.92 Å². The first-order valence-corrected chi connectivity index (χ1v) is 6.04. The Labute approximate surface area is 87.2 Å². The topological polar surface area (TPSA) is 27.3 Å². The van der Waals surface area contributed by atoms with Gasteiger partial charge in [0.1, 0.15) is 0 Å². The van der Waals surface area contributed by atoms with Crippen LogP contribution in [0.5, 0.6) is 0 Å². The lowest BCUT2D eigenvalue weighted by Crippen LogP contribution is -2.55. The molecule has 1 saturated heterocycles. The van der Waals surface area contributed by atoms with Gasteiger partial charge in [-0.15, -0.1) is 0 Å². The van der Waals surface area contributed by atoms with E-state index in [-0.39, 0.29) is 0 Å². The summed E-state index contributed by atoms with van der Waals surface area (Å²) in [7, 11) is 2.12. The summed E-state index contributed by atoms with van der Waals surface area (Å²) >= 11 is 0. The first-order valence-electron chi connectivity index (χ1n) is 6.04. The Balaban J connectivity index is 1.89. The standard InChI is InChI=1S/C11H23N3/c1-12-11(10-4-2-3-5-10)14-8-6-13-7-9-14/h10-13H,2-9H2,1H3. The number of nitrogens with zero attached hydrogens (tertiary/aromatic N) is 1. The van der Waals surface area contributed by atoms with Crippen molar-refractivity contribution < 1.29 is 0 Å². The van der Waals surface area contributed by atoms with E-state index < -0.39 is 0 Å². The normalized spacial score (nSPS) is 28.1. The molecule has 1 saturated carbocycles. The molecule has 1 atom stereocenters. The van der Waals surface area contributed by atoms with Crippen LogP contribution in [0, 0.1) is 5.92 Å². The minimum Gasteiger partial charge on any atom is -0.314 e. The van der Waals surface area contributed by atoms with Crippen molar-refractivity contribution in [1.29, 1.82) is 0 Å². The van der Waals surface area contributed by atoms with Gasteiger partial charge >= 0.3 is 0 Å². The van der Waals surface area contributed by atoms with Crippen LogP contribution in [0.3, 0.4) is 0 Å². The minimum atomic E-state index is 0.639. The molecule has 0 aromatic rings. The molecular weight excluding hydrogens is 174 g/mol. The summed E-state index contributed by atoms with van der Waals surface area (Å²) < 4.78 is 0. The second-order valence-corrected chi connectivity index (χ2v) is 4.56. The molecule has 0 aromatic carbocycles. The van der Waals surface area contributed by atoms with E-state index in [1.807, 2.05) is 0 Å². The number of rotatable bonds is 3. The third kappa shape index (κ3) is 2.27. The number of piperazine rings is 1. The average Bonchev–Trinajstić information content (AvgIpc) is 2.74. The molecule has 1 aliphatic carbocycles. The van der Waals surface area contributed by atoms with Gasteiger partial charge in [-0.25, -0.2) is 0 Å². The molecule has 0 bridgehead atoms. The lowest BCUT2D eigenvalue weighted by Gasteiger charge is -2.38. The maximum absolute atomic E-state index is 3.51. The summed E-state index contributed by atoms with van der Waals surface area (Å²) in [6, 6.07) is 0. The molecule has 1 unspecified atom stereocenters. The largest absolute Gasteiger partial charge is 0.314 e. The second-order valence-electron chi connectivity index (χ2n) is 4.56. The zero-order chi connectivity index (χ0) is 9.80. The SMILES string of the molecule is CNC(C1CCCC1)N1CCNCC1. The van der Waals surface area contributed by atoms with E-state index in [4.69, 9.17) is 0 Å². The molecule has 0 spiro atoms. The first kappa shape index (κ1) is 10.4. The van der Waals surface area contributed by atoms with Gasteiger partial charge in [0.05, 0.1) is 6.17 Å². The maximum Gasteiger partial charge on any atom is 0.0624 e. The predicted octanol–water partition coefficient (Wildman–Crippen LogP) is 0.627. The van der Waals surface area contributed by atoms with Crippen LogP contribution < -0.4 is 10.6 Å². The van der Waals surface area contributed by atoms with Crippen molar-refractivity contribution in [1.82, 2.24) is 15.5 Å². The molecule has 14 heavy (non-hydrogen) atoms. The van der Waals surface area contributed by atoms with Gasteiger partial charge in [0, 0.05) is 26.2 Å². The van der Waals surface area contributed by atoms with E-state index in [9.17, 15) is 0 Å². The zero-order valence-corrected chi connectivity index (χ0v) is 9.26. The predicted molar refractivity (Wildman–Crippen MR) is 59.2 cm³/mol. The average molecular weight is 197 g/mol. The van der Waals surface area contributed by atoms with E-state index in [1.54, 1.807) is 0 Å². The van der Waals surface area contributed by atoms with Crippen molar-refractivity contribution >= 4 is 0 Å². The number of hydrogen-bond donors (Lipinski definition) is 2. The van der Waals surface area contributed by atoms with Gasteiger partial charge < -0.3 is 10.6 Å². The van der Waals surface area contributed by atoms with Crippen LogP contribution >= 0.6 is 0 Å². The van der Waals surface area contributed by atoms with E-state index in [1.165, 1.54) is 38.8 Å². The quantitative estimate of drug-likeness (QED) is 0.695. The van der Waals surface area contributed by atoms with Crippen molar-refractivity contribution in [3.8, 4) is 0 Å². The summed E-state index contributed by atoms with van der Waals surface area (Å²) in [5, 5.41) is 6.93. The highest BCUT2D eigenvalue weighted by molar-refractivity contribution is 4.82. The van der Waals surface area contributed by atoms with Gasteiger partial charge in [-0.05, 0) is 25.8 Å². The Morgan fingerprint density at radius 3 is 2.43 bits per heavy atom. The first-order chi connectivity index (χ1) is 6.92. The molecule has 2 aliphatic rings. The van der Waals surface area contributed by atoms with E-state index >= 15 is 0 Å². The van der Waals surface area contributed by atoms with E-state index in [0.717, 1.165) is 19.0 Å². The van der Waals surface area contributed by atoms with Gasteiger partial charge in [-0.3, -0.25) is 4.90 Å². The molecular formula is C11H23N3. The fourth-order valence-corrected chi connectivity index (χ4v) is 2.95. The van der Waals surface area contributed by atoms with Gasteiger partial charge in [0.15, 0.2) is 0 Å². The molecule has 0 amide bonds. The molecule has 0 radical (unpaired) electrons. The van der Waals surface area contributed by atoms with Crippen LogP contribution in [0.15, 0.2) is 0 Å². The molecule has 1 heterocycles. The summed E-state index contributed by atoms with van der Waals surface area (Å²) in [5.74, 6) is 0.901. The van der Waals surface area contributed by atoms with Crippen LogP contribution in [-0.2, 0) is 0 Å². The van der Waals surface area contributed by atoms with Gasteiger partial charge in [0.25, 0.3) is 0 Å². The van der Waals surface area contributed by atoms with Crippen LogP contribution in [0.4, 0.5) is 0 Å². The second kappa shape index (κ2) is 5.10. The molecule has 3 nitrogen and oxygen atoms in total. The Morgan fingerprint density at radius 1 is 1.21 bits per heavy atom. The van der Waals surface area contributed by atoms with Crippen LogP contribution in [0.25, 0.3) is 0 Å². The molecule has 0 aromatic heterocycles. The van der Waals surface area contributed by atoms with Crippen molar-refractivity contribution in [3.63, 3.8) is 0 Å². The van der Waals surface area contributed by atoms with E-state index in [0.29, 0.717) is 6.17 Å². The Kier molecular flexibility index (Phi) is 3.79. The zero-order valence-electron chi connectivity index (χ0n) is 9.26. The molecule has 1 aliphatic heterocycles. The Bertz CT molecular complexity index is 160. The summed E-state index contributed by atoms with van der Waals surface area (Å²) in [4.78, 5) is 2.62. The Morgan fingerprint density at radius 2 is 1.86 bits per heavy atom. The van der Waals surface area contributed by atoms with Crippen LogP contribution in [-0.4, -0.2) is 44.3 Å². The molecule has 2 rings (SSSR count). The fraction of sp³-hybridized carbons (Fsp3) is 1.00. The third-order valence-electron chi connectivity index (χ3n) is 3.69. The number of hydrogen-bond acceptors (Lipinski definition) is 3. The third-order valence-corrected chi connectivity index (χ3v) is 3.69.